The maximum Gasteiger partial charge on any atom is 0.315 e. The number of amides is 2. The number of benzene rings is 1. The number of halogens is 1. The summed E-state index contributed by atoms with van der Waals surface area (Å²) in [5.74, 6) is -0.946. The summed E-state index contributed by atoms with van der Waals surface area (Å²) >= 11 is 5.85. The Balaban J connectivity index is 2.42. The van der Waals surface area contributed by atoms with Crippen LogP contribution in [0.15, 0.2) is 24.3 Å². The molecule has 0 aliphatic carbocycles. The van der Waals surface area contributed by atoms with Crippen LogP contribution in [0.2, 0.25) is 5.02 Å². The van der Waals surface area contributed by atoms with Crippen molar-refractivity contribution in [3.05, 3.63) is 34.9 Å². The van der Waals surface area contributed by atoms with Crippen molar-refractivity contribution >= 4 is 23.6 Å². The van der Waals surface area contributed by atoms with Gasteiger partial charge in [-0.1, -0.05) is 23.7 Å². The predicted octanol–water partition coefficient (Wildman–Crippen LogP) is 2.17. The molecule has 5 nitrogen and oxygen atoms in total. The molecule has 0 saturated heterocycles. The van der Waals surface area contributed by atoms with Crippen molar-refractivity contribution in [3.63, 3.8) is 0 Å². The lowest BCUT2D eigenvalue weighted by Crippen LogP contribution is -2.38. The smallest absolute Gasteiger partial charge is 0.315 e. The van der Waals surface area contributed by atoms with Crippen molar-refractivity contribution in [2.45, 2.75) is 19.4 Å². The fraction of sp³-hybridized carbons (Fsp3) is 0.333. The summed E-state index contributed by atoms with van der Waals surface area (Å²) in [5.41, 5.74) is 0.885. The zero-order chi connectivity index (χ0) is 13.5. The highest BCUT2D eigenvalue weighted by Gasteiger charge is 2.09. The Morgan fingerprint density at radius 1 is 1.44 bits per heavy atom. The second-order valence-electron chi connectivity index (χ2n) is 3.82. The largest absolute Gasteiger partial charge is 0.481 e. The van der Waals surface area contributed by atoms with Crippen molar-refractivity contribution in [1.82, 2.24) is 10.6 Å². The van der Waals surface area contributed by atoms with E-state index < -0.39 is 12.0 Å². The van der Waals surface area contributed by atoms with Crippen molar-refractivity contribution in [2.75, 3.05) is 6.54 Å². The van der Waals surface area contributed by atoms with Gasteiger partial charge >= 0.3 is 12.0 Å². The zero-order valence-electron chi connectivity index (χ0n) is 9.94. The highest BCUT2D eigenvalue weighted by molar-refractivity contribution is 6.30. The van der Waals surface area contributed by atoms with Crippen LogP contribution in [0, 0.1) is 0 Å². The van der Waals surface area contributed by atoms with Gasteiger partial charge in [0.1, 0.15) is 0 Å². The van der Waals surface area contributed by atoms with E-state index in [0.717, 1.165) is 5.56 Å². The number of hydrogen-bond acceptors (Lipinski definition) is 2. The fourth-order valence-electron chi connectivity index (χ4n) is 1.39. The lowest BCUT2D eigenvalue weighted by molar-refractivity contribution is -0.136. The molecule has 0 saturated carbocycles. The number of aliphatic carboxylic acids is 1. The number of carboxylic acids is 1. The van der Waals surface area contributed by atoms with Gasteiger partial charge in [-0.15, -0.1) is 0 Å². The molecule has 18 heavy (non-hydrogen) atoms. The summed E-state index contributed by atoms with van der Waals surface area (Å²) in [6.07, 6.45) is -0.0982. The third-order valence-corrected chi connectivity index (χ3v) is 2.56. The van der Waals surface area contributed by atoms with Crippen molar-refractivity contribution < 1.29 is 14.7 Å². The number of nitrogens with one attached hydrogen (secondary N) is 2. The number of rotatable bonds is 5. The van der Waals surface area contributed by atoms with Crippen molar-refractivity contribution in [3.8, 4) is 0 Å². The molecule has 1 aromatic carbocycles. The van der Waals surface area contributed by atoms with Gasteiger partial charge in [0.15, 0.2) is 0 Å². The highest BCUT2D eigenvalue weighted by Crippen LogP contribution is 2.16. The molecule has 2 amide bonds. The lowest BCUT2D eigenvalue weighted by Gasteiger charge is -2.15. The Bertz CT molecular complexity index is 437. The first-order chi connectivity index (χ1) is 8.49. The predicted molar refractivity (Wildman–Crippen MR) is 68.7 cm³/mol. The molecule has 0 heterocycles. The van der Waals surface area contributed by atoms with Crippen LogP contribution in [0.4, 0.5) is 4.79 Å². The number of carbonyl (C=O) groups is 2. The van der Waals surface area contributed by atoms with E-state index in [-0.39, 0.29) is 19.0 Å². The van der Waals surface area contributed by atoms with E-state index in [2.05, 4.69) is 10.6 Å². The Labute approximate surface area is 110 Å². The second kappa shape index (κ2) is 6.86. The third kappa shape index (κ3) is 5.05. The molecule has 3 N–H and O–H groups in total. The summed E-state index contributed by atoms with van der Waals surface area (Å²) in [6.45, 7) is 1.92. The van der Waals surface area contributed by atoms with E-state index in [4.69, 9.17) is 16.7 Å². The molecule has 1 aromatic rings. The van der Waals surface area contributed by atoms with Gasteiger partial charge in [0.25, 0.3) is 0 Å². The molecule has 0 fully saturated rings. The van der Waals surface area contributed by atoms with Crippen LogP contribution < -0.4 is 10.6 Å². The quantitative estimate of drug-likeness (QED) is 0.767. The fourth-order valence-corrected chi connectivity index (χ4v) is 1.59. The minimum Gasteiger partial charge on any atom is -0.481 e. The van der Waals surface area contributed by atoms with Gasteiger partial charge in [0.05, 0.1) is 12.5 Å². The average Bonchev–Trinajstić information content (AvgIpc) is 2.28. The monoisotopic (exact) mass is 270 g/mol. The van der Waals surface area contributed by atoms with Crippen LogP contribution in [0.3, 0.4) is 0 Å². The van der Waals surface area contributed by atoms with Crippen LogP contribution in [0.25, 0.3) is 0 Å². The van der Waals surface area contributed by atoms with Crippen molar-refractivity contribution in [1.29, 1.82) is 0 Å². The first-order valence-corrected chi connectivity index (χ1v) is 5.88. The van der Waals surface area contributed by atoms with Gasteiger partial charge in [-0.2, -0.15) is 0 Å². The first-order valence-electron chi connectivity index (χ1n) is 5.50. The molecule has 0 aliphatic heterocycles. The van der Waals surface area contributed by atoms with E-state index in [0.29, 0.717) is 5.02 Å². The van der Waals surface area contributed by atoms with E-state index in [1.807, 2.05) is 13.0 Å². The summed E-state index contributed by atoms with van der Waals surface area (Å²) in [7, 11) is 0. The van der Waals surface area contributed by atoms with Crippen LogP contribution in [-0.4, -0.2) is 23.7 Å². The van der Waals surface area contributed by atoms with E-state index in [9.17, 15) is 9.59 Å². The third-order valence-electron chi connectivity index (χ3n) is 2.32. The minimum atomic E-state index is -0.946. The van der Waals surface area contributed by atoms with Gasteiger partial charge in [-0.25, -0.2) is 4.79 Å². The molecule has 1 unspecified atom stereocenters. The Morgan fingerprint density at radius 3 is 2.78 bits per heavy atom. The van der Waals surface area contributed by atoms with Crippen molar-refractivity contribution in [2.24, 2.45) is 0 Å². The molecule has 0 radical (unpaired) electrons. The average molecular weight is 271 g/mol. The number of carbonyl (C=O) groups excluding carboxylic acids is 1. The molecule has 1 atom stereocenters. The SMILES string of the molecule is CC(NC(=O)NCCC(=O)O)c1cccc(Cl)c1. The molecule has 1 rings (SSSR count). The molecule has 0 aromatic heterocycles. The van der Waals surface area contributed by atoms with E-state index >= 15 is 0 Å². The maximum absolute atomic E-state index is 11.4. The second-order valence-corrected chi connectivity index (χ2v) is 4.26. The molecular formula is C12H15ClN2O3. The number of carboxylic acid groups (broad SMARTS) is 1. The van der Waals surface area contributed by atoms with Gasteiger partial charge < -0.3 is 15.7 Å². The summed E-state index contributed by atoms with van der Waals surface area (Å²) in [6, 6.07) is 6.58. The van der Waals surface area contributed by atoms with Crippen LogP contribution in [0.5, 0.6) is 0 Å². The molecule has 6 heteroatoms. The number of urea groups is 1. The molecule has 98 valence electrons. The first kappa shape index (κ1) is 14.3. The van der Waals surface area contributed by atoms with E-state index in [1.54, 1.807) is 18.2 Å². The van der Waals surface area contributed by atoms with Gasteiger partial charge in [-0.3, -0.25) is 4.79 Å². The summed E-state index contributed by atoms with van der Waals surface area (Å²) in [5, 5.41) is 14.2. The maximum atomic E-state index is 11.4. The summed E-state index contributed by atoms with van der Waals surface area (Å²) in [4.78, 5) is 21.7. The molecule has 0 spiro atoms. The van der Waals surface area contributed by atoms with Gasteiger partial charge in [0, 0.05) is 11.6 Å². The van der Waals surface area contributed by atoms with Crippen LogP contribution in [0.1, 0.15) is 24.9 Å². The normalized spacial score (nSPS) is 11.7. The highest BCUT2D eigenvalue weighted by atomic mass is 35.5. The minimum absolute atomic E-state index is 0.0982. The van der Waals surface area contributed by atoms with Crippen LogP contribution in [-0.2, 0) is 4.79 Å². The lowest BCUT2D eigenvalue weighted by atomic mass is 10.1. The van der Waals surface area contributed by atoms with Gasteiger partial charge in [0.2, 0.25) is 0 Å². The zero-order valence-corrected chi connectivity index (χ0v) is 10.7. The molecular weight excluding hydrogens is 256 g/mol. The Kier molecular flexibility index (Phi) is 5.45. The Hall–Kier alpha value is -1.75. The van der Waals surface area contributed by atoms with E-state index in [1.165, 1.54) is 0 Å². The topological polar surface area (TPSA) is 78.4 Å². The Morgan fingerprint density at radius 2 is 2.17 bits per heavy atom. The summed E-state index contributed by atoms with van der Waals surface area (Å²) < 4.78 is 0. The molecule has 0 bridgehead atoms. The number of hydrogen-bond donors (Lipinski definition) is 3. The van der Waals surface area contributed by atoms with Gasteiger partial charge in [-0.05, 0) is 24.6 Å². The van der Waals surface area contributed by atoms with Crippen LogP contribution >= 0.6 is 11.6 Å². The molecule has 0 aliphatic rings. The standard InChI is InChI=1S/C12H15ClN2O3/c1-8(9-3-2-4-10(13)7-9)15-12(18)14-6-5-11(16)17/h2-4,7-8H,5-6H2,1H3,(H,16,17)(H2,14,15,18).